The zero-order valence-corrected chi connectivity index (χ0v) is 14.5. The Hall–Kier alpha value is -3.67. The van der Waals surface area contributed by atoms with Crippen LogP contribution < -0.4 is 4.90 Å². The molecule has 3 aromatic carbocycles. The van der Waals surface area contributed by atoms with Crippen molar-refractivity contribution in [2.24, 2.45) is 0 Å². The molecule has 0 aliphatic carbocycles. The molecule has 0 saturated carbocycles. The summed E-state index contributed by atoms with van der Waals surface area (Å²) in [6.07, 6.45) is 0. The van der Waals surface area contributed by atoms with E-state index in [4.69, 9.17) is 5.11 Å². The lowest BCUT2D eigenvalue weighted by Gasteiger charge is -2.25. The minimum Gasteiger partial charge on any atom is -0.478 e. The van der Waals surface area contributed by atoms with Gasteiger partial charge in [-0.1, -0.05) is 60.7 Å². The molecule has 27 heavy (non-hydrogen) atoms. The normalized spacial score (nSPS) is 10.4. The van der Waals surface area contributed by atoms with Crippen molar-refractivity contribution in [1.82, 2.24) is 0 Å². The van der Waals surface area contributed by atoms with Crippen LogP contribution in [-0.2, 0) is 13.1 Å². The molecule has 3 aromatic rings. The number of anilines is 1. The van der Waals surface area contributed by atoms with Gasteiger partial charge in [-0.15, -0.1) is 0 Å². The van der Waals surface area contributed by atoms with E-state index < -0.39 is 10.9 Å². The van der Waals surface area contributed by atoms with Gasteiger partial charge < -0.3 is 10.0 Å². The van der Waals surface area contributed by atoms with E-state index in [1.807, 2.05) is 65.6 Å². The first-order valence-electron chi connectivity index (χ1n) is 8.39. The number of carboxylic acids is 1. The molecule has 0 spiro atoms. The van der Waals surface area contributed by atoms with Crippen LogP contribution in [0.3, 0.4) is 0 Å². The number of carboxylic acid groups (broad SMARTS) is 1. The van der Waals surface area contributed by atoms with E-state index in [2.05, 4.69) is 0 Å². The lowest BCUT2D eigenvalue weighted by atomic mass is 10.1. The van der Waals surface area contributed by atoms with Gasteiger partial charge >= 0.3 is 5.97 Å². The third kappa shape index (κ3) is 4.49. The maximum Gasteiger partial charge on any atom is 0.335 e. The number of nitrogens with zero attached hydrogens (tertiary/aromatic N) is 2. The van der Waals surface area contributed by atoms with E-state index in [9.17, 15) is 14.9 Å². The molecule has 0 atom stereocenters. The molecule has 0 aliphatic heterocycles. The van der Waals surface area contributed by atoms with Gasteiger partial charge in [-0.05, 0) is 23.3 Å². The molecule has 0 heterocycles. The first-order chi connectivity index (χ1) is 13.0. The van der Waals surface area contributed by atoms with Gasteiger partial charge in [0.15, 0.2) is 0 Å². The summed E-state index contributed by atoms with van der Waals surface area (Å²) in [4.78, 5) is 24.1. The zero-order valence-electron chi connectivity index (χ0n) is 14.5. The molecule has 0 amide bonds. The van der Waals surface area contributed by atoms with Gasteiger partial charge in [-0.25, -0.2) is 4.79 Å². The fourth-order valence-corrected chi connectivity index (χ4v) is 2.90. The molecule has 0 radical (unpaired) electrons. The first-order valence-corrected chi connectivity index (χ1v) is 8.39. The highest BCUT2D eigenvalue weighted by Gasteiger charge is 2.22. The van der Waals surface area contributed by atoms with Crippen molar-refractivity contribution in [3.63, 3.8) is 0 Å². The Kier molecular flexibility index (Phi) is 5.47. The van der Waals surface area contributed by atoms with E-state index >= 15 is 0 Å². The van der Waals surface area contributed by atoms with E-state index in [0.29, 0.717) is 18.8 Å². The third-order valence-electron chi connectivity index (χ3n) is 4.19. The lowest BCUT2D eigenvalue weighted by Crippen LogP contribution is -2.23. The van der Waals surface area contributed by atoms with Crippen molar-refractivity contribution in [3.8, 4) is 0 Å². The summed E-state index contributed by atoms with van der Waals surface area (Å²) in [5.41, 5.74) is 2.07. The molecule has 6 nitrogen and oxygen atoms in total. The SMILES string of the molecule is O=C(O)c1ccc(N(Cc2ccccc2)Cc2ccccc2)c([N+](=O)[O-])c1. The number of aromatic carboxylic acids is 1. The van der Waals surface area contributed by atoms with Crippen molar-refractivity contribution in [3.05, 3.63) is 106 Å². The second-order valence-corrected chi connectivity index (χ2v) is 6.09. The number of hydrogen-bond acceptors (Lipinski definition) is 4. The van der Waals surface area contributed by atoms with Crippen LogP contribution in [0.15, 0.2) is 78.9 Å². The highest BCUT2D eigenvalue weighted by molar-refractivity contribution is 5.89. The van der Waals surface area contributed by atoms with Crippen LogP contribution in [0.2, 0.25) is 0 Å². The second-order valence-electron chi connectivity index (χ2n) is 6.09. The summed E-state index contributed by atoms with van der Waals surface area (Å²) in [6, 6.07) is 23.3. The van der Waals surface area contributed by atoms with Gasteiger partial charge in [-0.3, -0.25) is 10.1 Å². The van der Waals surface area contributed by atoms with Gasteiger partial charge in [-0.2, -0.15) is 0 Å². The Morgan fingerprint density at radius 2 is 1.41 bits per heavy atom. The smallest absolute Gasteiger partial charge is 0.335 e. The average Bonchev–Trinajstić information content (AvgIpc) is 2.68. The highest BCUT2D eigenvalue weighted by atomic mass is 16.6. The Morgan fingerprint density at radius 1 is 0.889 bits per heavy atom. The van der Waals surface area contributed by atoms with E-state index in [-0.39, 0.29) is 11.3 Å². The molecule has 0 aliphatic rings. The summed E-state index contributed by atoms with van der Waals surface area (Å²) in [7, 11) is 0. The van der Waals surface area contributed by atoms with Crippen LogP contribution in [0.25, 0.3) is 0 Å². The van der Waals surface area contributed by atoms with Crippen LogP contribution >= 0.6 is 0 Å². The average molecular weight is 362 g/mol. The van der Waals surface area contributed by atoms with Gasteiger partial charge in [0.05, 0.1) is 10.5 Å². The maximum atomic E-state index is 11.6. The van der Waals surface area contributed by atoms with Crippen LogP contribution in [0.5, 0.6) is 0 Å². The van der Waals surface area contributed by atoms with Crippen molar-refractivity contribution < 1.29 is 14.8 Å². The van der Waals surface area contributed by atoms with E-state index in [1.165, 1.54) is 12.1 Å². The van der Waals surface area contributed by atoms with Crippen LogP contribution in [0, 0.1) is 10.1 Å². The molecular weight excluding hydrogens is 344 g/mol. The molecule has 6 heteroatoms. The second kappa shape index (κ2) is 8.14. The van der Waals surface area contributed by atoms with Crippen molar-refractivity contribution in [2.45, 2.75) is 13.1 Å². The number of rotatable bonds is 7. The number of nitro benzene ring substituents is 1. The van der Waals surface area contributed by atoms with Gasteiger partial charge in [0.2, 0.25) is 0 Å². The highest BCUT2D eigenvalue weighted by Crippen LogP contribution is 2.31. The monoisotopic (exact) mass is 362 g/mol. The fourth-order valence-electron chi connectivity index (χ4n) is 2.90. The standard InChI is InChI=1S/C21H18N2O4/c24-21(25)18-11-12-19(20(13-18)23(26)27)22(14-16-7-3-1-4-8-16)15-17-9-5-2-6-10-17/h1-13H,14-15H2,(H,24,25). The number of carbonyl (C=O) groups is 1. The van der Waals surface area contributed by atoms with Gasteiger partial charge in [0, 0.05) is 19.2 Å². The number of nitro groups is 1. The van der Waals surface area contributed by atoms with Gasteiger partial charge in [0.25, 0.3) is 5.69 Å². The van der Waals surface area contributed by atoms with E-state index in [0.717, 1.165) is 17.2 Å². The quantitative estimate of drug-likeness (QED) is 0.494. The Balaban J connectivity index is 2.03. The summed E-state index contributed by atoms with van der Waals surface area (Å²) < 4.78 is 0. The summed E-state index contributed by atoms with van der Waals surface area (Å²) in [5, 5.41) is 20.7. The summed E-state index contributed by atoms with van der Waals surface area (Å²) in [5.74, 6) is -1.19. The lowest BCUT2D eigenvalue weighted by molar-refractivity contribution is -0.384. The Bertz CT molecular complexity index is 901. The molecule has 0 unspecified atom stereocenters. The van der Waals surface area contributed by atoms with Crippen molar-refractivity contribution in [1.29, 1.82) is 0 Å². The molecular formula is C21H18N2O4. The molecule has 0 aromatic heterocycles. The van der Waals surface area contributed by atoms with Crippen LogP contribution in [0.4, 0.5) is 11.4 Å². The molecule has 1 N–H and O–H groups in total. The molecule has 3 rings (SSSR count). The topological polar surface area (TPSA) is 83.7 Å². The largest absolute Gasteiger partial charge is 0.478 e. The molecule has 0 saturated heterocycles. The fraction of sp³-hybridized carbons (Fsp3) is 0.0952. The van der Waals surface area contributed by atoms with Crippen LogP contribution in [0.1, 0.15) is 21.5 Å². The molecule has 0 fully saturated rings. The van der Waals surface area contributed by atoms with E-state index in [1.54, 1.807) is 0 Å². The first kappa shape index (κ1) is 18.1. The minimum absolute atomic E-state index is 0.107. The Labute approximate surface area is 156 Å². The predicted molar refractivity (Wildman–Crippen MR) is 103 cm³/mol. The van der Waals surface area contributed by atoms with Gasteiger partial charge in [0.1, 0.15) is 5.69 Å². The predicted octanol–water partition coefficient (Wildman–Crippen LogP) is 4.50. The maximum absolute atomic E-state index is 11.6. The van der Waals surface area contributed by atoms with Crippen molar-refractivity contribution in [2.75, 3.05) is 4.90 Å². The molecule has 136 valence electrons. The Morgan fingerprint density at radius 3 is 1.85 bits per heavy atom. The minimum atomic E-state index is -1.19. The zero-order chi connectivity index (χ0) is 19.2. The molecule has 0 bridgehead atoms. The summed E-state index contributed by atoms with van der Waals surface area (Å²) >= 11 is 0. The van der Waals surface area contributed by atoms with Crippen molar-refractivity contribution >= 4 is 17.3 Å². The van der Waals surface area contributed by atoms with Crippen LogP contribution in [-0.4, -0.2) is 16.0 Å². The number of benzene rings is 3. The third-order valence-corrected chi connectivity index (χ3v) is 4.19. The summed E-state index contributed by atoms with van der Waals surface area (Å²) in [6.45, 7) is 0.923. The number of hydrogen-bond donors (Lipinski definition) is 1.